The van der Waals surface area contributed by atoms with Gasteiger partial charge in [0.25, 0.3) is 0 Å². The summed E-state index contributed by atoms with van der Waals surface area (Å²) in [5.41, 5.74) is 0. The molecule has 2 heterocycles. The zero-order valence-electron chi connectivity index (χ0n) is 15.8. The van der Waals surface area contributed by atoms with Gasteiger partial charge in [0.2, 0.25) is 0 Å². The molecule has 5 nitrogen and oxygen atoms in total. The summed E-state index contributed by atoms with van der Waals surface area (Å²) in [7, 11) is 0. The SMILES string of the molecule is CCN1CCCC1CN=C(NCCCCSC)NCCc1ccco1. The Kier molecular flexibility index (Phi) is 9.89. The highest BCUT2D eigenvalue weighted by Crippen LogP contribution is 2.16. The first-order valence-electron chi connectivity index (χ1n) is 9.61. The minimum atomic E-state index is 0.602. The highest BCUT2D eigenvalue weighted by atomic mass is 32.2. The molecule has 1 saturated heterocycles. The van der Waals surface area contributed by atoms with Crippen molar-refractivity contribution in [3.8, 4) is 0 Å². The minimum absolute atomic E-state index is 0.602. The van der Waals surface area contributed by atoms with Crippen LogP contribution in [0.4, 0.5) is 0 Å². The lowest BCUT2D eigenvalue weighted by Crippen LogP contribution is -2.40. The Bertz CT molecular complexity index is 478. The van der Waals surface area contributed by atoms with E-state index in [0.717, 1.165) is 44.3 Å². The average molecular weight is 367 g/mol. The molecule has 25 heavy (non-hydrogen) atoms. The first-order chi connectivity index (χ1) is 12.3. The van der Waals surface area contributed by atoms with E-state index < -0.39 is 0 Å². The maximum Gasteiger partial charge on any atom is 0.191 e. The Morgan fingerprint density at radius 3 is 3.00 bits per heavy atom. The molecule has 1 aromatic heterocycles. The zero-order chi connectivity index (χ0) is 17.7. The van der Waals surface area contributed by atoms with Gasteiger partial charge in [-0.05, 0) is 62.9 Å². The van der Waals surface area contributed by atoms with E-state index in [4.69, 9.17) is 9.41 Å². The van der Waals surface area contributed by atoms with Gasteiger partial charge in [-0.15, -0.1) is 0 Å². The third-order valence-electron chi connectivity index (χ3n) is 4.68. The van der Waals surface area contributed by atoms with Crippen molar-refractivity contribution in [1.29, 1.82) is 0 Å². The van der Waals surface area contributed by atoms with Crippen molar-refractivity contribution in [2.24, 2.45) is 4.99 Å². The molecule has 0 spiro atoms. The van der Waals surface area contributed by atoms with Gasteiger partial charge >= 0.3 is 0 Å². The number of aliphatic imine (C=N–C) groups is 1. The Balaban J connectivity index is 1.78. The molecule has 0 aromatic carbocycles. The summed E-state index contributed by atoms with van der Waals surface area (Å²) in [6.45, 7) is 7.30. The molecule has 1 aromatic rings. The van der Waals surface area contributed by atoms with Crippen LogP contribution in [0.2, 0.25) is 0 Å². The van der Waals surface area contributed by atoms with Gasteiger partial charge in [0.15, 0.2) is 5.96 Å². The number of hydrogen-bond acceptors (Lipinski definition) is 4. The van der Waals surface area contributed by atoms with Gasteiger partial charge in [-0.2, -0.15) is 11.8 Å². The number of nitrogens with zero attached hydrogens (tertiary/aromatic N) is 2. The van der Waals surface area contributed by atoms with Gasteiger partial charge in [0.05, 0.1) is 12.8 Å². The van der Waals surface area contributed by atoms with E-state index in [1.807, 2.05) is 23.9 Å². The third-order valence-corrected chi connectivity index (χ3v) is 5.37. The Morgan fingerprint density at radius 2 is 2.24 bits per heavy atom. The van der Waals surface area contributed by atoms with Gasteiger partial charge in [-0.1, -0.05) is 6.92 Å². The van der Waals surface area contributed by atoms with Crippen molar-refractivity contribution in [3.63, 3.8) is 0 Å². The van der Waals surface area contributed by atoms with Crippen molar-refractivity contribution in [3.05, 3.63) is 24.2 Å². The summed E-state index contributed by atoms with van der Waals surface area (Å²) in [4.78, 5) is 7.40. The molecule has 2 rings (SSSR count). The zero-order valence-corrected chi connectivity index (χ0v) is 16.6. The number of nitrogens with one attached hydrogen (secondary N) is 2. The molecular formula is C19H34N4OS. The van der Waals surface area contributed by atoms with Crippen molar-refractivity contribution in [1.82, 2.24) is 15.5 Å². The number of hydrogen-bond donors (Lipinski definition) is 2. The minimum Gasteiger partial charge on any atom is -0.469 e. The van der Waals surface area contributed by atoms with Crippen molar-refractivity contribution >= 4 is 17.7 Å². The molecule has 6 heteroatoms. The molecule has 0 saturated carbocycles. The third kappa shape index (κ3) is 7.74. The number of likely N-dealkylation sites (tertiary alicyclic amines) is 1. The van der Waals surface area contributed by atoms with Crippen molar-refractivity contribution < 1.29 is 4.42 Å². The molecule has 0 aliphatic carbocycles. The van der Waals surface area contributed by atoms with E-state index >= 15 is 0 Å². The van der Waals surface area contributed by atoms with Crippen LogP contribution in [0.3, 0.4) is 0 Å². The predicted molar refractivity (Wildman–Crippen MR) is 109 cm³/mol. The Morgan fingerprint density at radius 1 is 1.36 bits per heavy atom. The highest BCUT2D eigenvalue weighted by Gasteiger charge is 2.22. The number of likely N-dealkylation sites (N-methyl/N-ethyl adjacent to an activating group) is 1. The summed E-state index contributed by atoms with van der Waals surface area (Å²) in [6.07, 6.45) is 9.78. The van der Waals surface area contributed by atoms with Gasteiger partial charge in [-0.25, -0.2) is 0 Å². The van der Waals surface area contributed by atoms with Crippen LogP contribution in [0.25, 0.3) is 0 Å². The maximum atomic E-state index is 5.40. The molecule has 1 aliphatic rings. The normalized spacial score (nSPS) is 18.6. The molecule has 142 valence electrons. The van der Waals surface area contributed by atoms with Crippen molar-refractivity contribution in [2.45, 2.75) is 45.1 Å². The lowest BCUT2D eigenvalue weighted by molar-refractivity contribution is 0.273. The molecule has 0 radical (unpaired) electrons. The first kappa shape index (κ1) is 20.2. The van der Waals surface area contributed by atoms with Crippen molar-refractivity contribution in [2.75, 3.05) is 44.7 Å². The smallest absolute Gasteiger partial charge is 0.191 e. The Hall–Kier alpha value is -1.14. The standard InChI is InChI=1S/C19H34N4OS/c1-3-23-13-6-8-17(23)16-22-19(20-11-4-5-15-25-2)21-12-10-18-9-7-14-24-18/h7,9,14,17H,3-6,8,10-13,15-16H2,1-2H3,(H2,20,21,22). The number of unbranched alkanes of at least 4 members (excludes halogenated alkanes) is 1. The second-order valence-electron chi connectivity index (χ2n) is 6.50. The van der Waals surface area contributed by atoms with Crippen LogP contribution in [-0.4, -0.2) is 61.6 Å². The number of rotatable bonds is 11. The molecule has 1 unspecified atom stereocenters. The van der Waals surface area contributed by atoms with Crippen LogP contribution in [-0.2, 0) is 6.42 Å². The van der Waals surface area contributed by atoms with E-state index in [9.17, 15) is 0 Å². The molecule has 2 N–H and O–H groups in total. The lowest BCUT2D eigenvalue weighted by atomic mass is 10.2. The van der Waals surface area contributed by atoms with Crippen LogP contribution >= 0.6 is 11.8 Å². The molecular weight excluding hydrogens is 332 g/mol. The van der Waals surface area contributed by atoms with Crippen LogP contribution in [0.5, 0.6) is 0 Å². The maximum absolute atomic E-state index is 5.40. The fraction of sp³-hybridized carbons (Fsp3) is 0.737. The topological polar surface area (TPSA) is 52.8 Å². The van der Waals surface area contributed by atoms with E-state index in [1.54, 1.807) is 6.26 Å². The van der Waals surface area contributed by atoms with Crippen LogP contribution in [0.15, 0.2) is 27.8 Å². The van der Waals surface area contributed by atoms with Crippen LogP contribution in [0.1, 0.15) is 38.4 Å². The fourth-order valence-electron chi connectivity index (χ4n) is 3.23. The summed E-state index contributed by atoms with van der Waals surface area (Å²) in [5, 5.41) is 6.96. The molecule has 1 fully saturated rings. The van der Waals surface area contributed by atoms with Crippen LogP contribution in [0, 0.1) is 0 Å². The quantitative estimate of drug-likeness (QED) is 0.358. The second kappa shape index (κ2) is 12.3. The summed E-state index contributed by atoms with van der Waals surface area (Å²) < 4.78 is 5.40. The summed E-state index contributed by atoms with van der Waals surface area (Å²) >= 11 is 1.91. The fourth-order valence-corrected chi connectivity index (χ4v) is 3.72. The second-order valence-corrected chi connectivity index (χ2v) is 7.48. The molecule has 1 atom stereocenters. The largest absolute Gasteiger partial charge is 0.469 e. The van der Waals surface area contributed by atoms with E-state index in [0.29, 0.717) is 6.04 Å². The van der Waals surface area contributed by atoms with Gasteiger partial charge in [0.1, 0.15) is 5.76 Å². The molecule has 0 amide bonds. The molecule has 1 aliphatic heterocycles. The monoisotopic (exact) mass is 366 g/mol. The lowest BCUT2D eigenvalue weighted by Gasteiger charge is -2.21. The number of furan rings is 1. The van der Waals surface area contributed by atoms with Gasteiger partial charge < -0.3 is 15.1 Å². The number of guanidine groups is 1. The predicted octanol–water partition coefficient (Wildman–Crippen LogP) is 2.98. The van der Waals surface area contributed by atoms with E-state index in [-0.39, 0.29) is 0 Å². The molecule has 0 bridgehead atoms. The van der Waals surface area contributed by atoms with Gasteiger partial charge in [0, 0.05) is 25.6 Å². The first-order valence-corrected chi connectivity index (χ1v) is 11.0. The summed E-state index contributed by atoms with van der Waals surface area (Å²) in [5.74, 6) is 3.19. The number of thioether (sulfide) groups is 1. The Labute approximate surface area is 157 Å². The average Bonchev–Trinajstić information content (AvgIpc) is 3.30. The van der Waals surface area contributed by atoms with Crippen LogP contribution < -0.4 is 10.6 Å². The van der Waals surface area contributed by atoms with E-state index in [1.165, 1.54) is 38.0 Å². The highest BCUT2D eigenvalue weighted by molar-refractivity contribution is 7.98. The van der Waals surface area contributed by atoms with E-state index in [2.05, 4.69) is 28.7 Å². The summed E-state index contributed by atoms with van der Waals surface area (Å²) in [6, 6.07) is 4.56. The van der Waals surface area contributed by atoms with Gasteiger partial charge in [-0.3, -0.25) is 9.89 Å².